The van der Waals surface area contributed by atoms with Gasteiger partial charge in [0.15, 0.2) is 5.82 Å². The minimum absolute atomic E-state index is 0.00737. The number of carbonyl (C=O) groups excluding carboxylic acids is 1. The Kier molecular flexibility index (Phi) is 4.08. The largest absolute Gasteiger partial charge is 0.465 e. The van der Waals surface area contributed by atoms with Crippen molar-refractivity contribution >= 4 is 11.8 Å². The number of rotatable bonds is 5. The predicted octanol–water partition coefficient (Wildman–Crippen LogP) is 0.784. The van der Waals surface area contributed by atoms with Crippen molar-refractivity contribution in [3.05, 3.63) is 5.69 Å². The molecule has 0 spiro atoms. The maximum absolute atomic E-state index is 11.3. The van der Waals surface area contributed by atoms with Crippen molar-refractivity contribution in [2.24, 2.45) is 5.92 Å². The molecule has 2 N–H and O–H groups in total. The summed E-state index contributed by atoms with van der Waals surface area (Å²) in [6.45, 7) is 4.54. The second-order valence-corrected chi connectivity index (χ2v) is 3.68. The minimum Gasteiger partial charge on any atom is -0.465 e. The van der Waals surface area contributed by atoms with E-state index in [1.807, 2.05) is 0 Å². The average molecular weight is 213 g/mol. The summed E-state index contributed by atoms with van der Waals surface area (Å²) < 4.78 is 9.33. The van der Waals surface area contributed by atoms with Crippen LogP contribution in [0.4, 0.5) is 5.82 Å². The molecule has 1 aromatic rings. The van der Waals surface area contributed by atoms with Gasteiger partial charge in [-0.25, -0.2) is 4.63 Å². The number of nitrogens with two attached hydrogens (primary N) is 1. The van der Waals surface area contributed by atoms with Crippen LogP contribution in [0.15, 0.2) is 4.63 Å². The Morgan fingerprint density at radius 2 is 2.27 bits per heavy atom. The van der Waals surface area contributed by atoms with E-state index in [4.69, 9.17) is 10.5 Å². The van der Waals surface area contributed by atoms with E-state index in [-0.39, 0.29) is 18.2 Å². The molecule has 0 saturated carbocycles. The lowest BCUT2D eigenvalue weighted by Crippen LogP contribution is -2.11. The molecule has 15 heavy (non-hydrogen) atoms. The summed E-state index contributed by atoms with van der Waals surface area (Å²) in [6.07, 6.45) is 0.853. The standard InChI is InChI=1S/C9H15N3O3/c1-6(2)3-4-14-8(13)5-7-9(10)12-15-11-7/h6H,3-5H2,1-2H3,(H2,10,12). The summed E-state index contributed by atoms with van der Waals surface area (Å²) >= 11 is 0. The van der Waals surface area contributed by atoms with Gasteiger partial charge in [0.1, 0.15) is 5.69 Å². The summed E-state index contributed by atoms with van der Waals surface area (Å²) in [7, 11) is 0. The quantitative estimate of drug-likeness (QED) is 0.727. The number of carbonyl (C=O) groups is 1. The fraction of sp³-hybridized carbons (Fsp3) is 0.667. The molecule has 6 heteroatoms. The van der Waals surface area contributed by atoms with E-state index >= 15 is 0 Å². The van der Waals surface area contributed by atoms with Crippen LogP contribution < -0.4 is 5.73 Å². The second kappa shape index (κ2) is 5.33. The highest BCUT2D eigenvalue weighted by Gasteiger charge is 2.12. The van der Waals surface area contributed by atoms with Crippen molar-refractivity contribution in [3.8, 4) is 0 Å². The highest BCUT2D eigenvalue weighted by molar-refractivity contribution is 5.73. The van der Waals surface area contributed by atoms with Crippen LogP contribution in [0.25, 0.3) is 0 Å². The monoisotopic (exact) mass is 213 g/mol. The van der Waals surface area contributed by atoms with E-state index in [0.29, 0.717) is 18.2 Å². The molecule has 0 aliphatic heterocycles. The fourth-order valence-electron chi connectivity index (χ4n) is 0.932. The van der Waals surface area contributed by atoms with E-state index in [9.17, 15) is 4.79 Å². The lowest BCUT2D eigenvalue weighted by molar-refractivity contribution is -0.143. The van der Waals surface area contributed by atoms with Crippen molar-refractivity contribution in [1.82, 2.24) is 10.3 Å². The zero-order chi connectivity index (χ0) is 11.3. The Bertz CT molecular complexity index is 322. The van der Waals surface area contributed by atoms with Crippen LogP contribution in [0.5, 0.6) is 0 Å². The molecule has 0 aromatic carbocycles. The molecule has 0 unspecified atom stereocenters. The number of aromatic nitrogens is 2. The zero-order valence-electron chi connectivity index (χ0n) is 8.90. The third-order valence-corrected chi connectivity index (χ3v) is 1.86. The van der Waals surface area contributed by atoms with Crippen LogP contribution in [0.1, 0.15) is 26.0 Å². The summed E-state index contributed by atoms with van der Waals surface area (Å²) in [5.41, 5.74) is 5.71. The molecule has 0 saturated heterocycles. The second-order valence-electron chi connectivity index (χ2n) is 3.68. The van der Waals surface area contributed by atoms with Gasteiger partial charge in [-0.2, -0.15) is 0 Å². The first-order chi connectivity index (χ1) is 7.09. The molecule has 84 valence electrons. The molecule has 1 heterocycles. The smallest absolute Gasteiger partial charge is 0.312 e. The molecule has 0 fully saturated rings. The number of nitrogen functional groups attached to an aromatic ring is 1. The van der Waals surface area contributed by atoms with Crippen LogP contribution in [-0.4, -0.2) is 22.9 Å². The molecule has 0 radical (unpaired) electrons. The number of ether oxygens (including phenoxy) is 1. The van der Waals surface area contributed by atoms with E-state index in [2.05, 4.69) is 28.8 Å². The maximum Gasteiger partial charge on any atom is 0.312 e. The van der Waals surface area contributed by atoms with Gasteiger partial charge in [-0.05, 0) is 17.5 Å². The Morgan fingerprint density at radius 1 is 1.53 bits per heavy atom. The van der Waals surface area contributed by atoms with Gasteiger partial charge in [0.2, 0.25) is 0 Å². The first kappa shape index (κ1) is 11.5. The Balaban J connectivity index is 2.28. The highest BCUT2D eigenvalue weighted by atomic mass is 16.6. The van der Waals surface area contributed by atoms with E-state index in [1.165, 1.54) is 0 Å². The van der Waals surface area contributed by atoms with Gasteiger partial charge in [0.05, 0.1) is 13.0 Å². The maximum atomic E-state index is 11.3. The van der Waals surface area contributed by atoms with Crippen molar-refractivity contribution in [2.45, 2.75) is 26.7 Å². The van der Waals surface area contributed by atoms with Crippen LogP contribution in [0.2, 0.25) is 0 Å². The van der Waals surface area contributed by atoms with E-state index in [1.54, 1.807) is 0 Å². The van der Waals surface area contributed by atoms with Gasteiger partial charge >= 0.3 is 5.97 Å². The number of esters is 1. The number of anilines is 1. The Labute approximate surface area is 87.7 Å². The SMILES string of the molecule is CC(C)CCOC(=O)Cc1nonc1N. The number of hydrogen-bond acceptors (Lipinski definition) is 6. The lowest BCUT2D eigenvalue weighted by atomic mass is 10.1. The molecule has 1 aromatic heterocycles. The number of nitrogens with zero attached hydrogens (tertiary/aromatic N) is 2. The molecular formula is C9H15N3O3. The van der Waals surface area contributed by atoms with E-state index < -0.39 is 0 Å². The van der Waals surface area contributed by atoms with Gasteiger partial charge < -0.3 is 10.5 Å². The minimum atomic E-state index is -0.363. The summed E-state index contributed by atoms with van der Waals surface area (Å²) in [4.78, 5) is 11.3. The van der Waals surface area contributed by atoms with Gasteiger partial charge in [0.25, 0.3) is 0 Å². The summed E-state index contributed by atoms with van der Waals surface area (Å²) in [5, 5.41) is 6.85. The fourth-order valence-corrected chi connectivity index (χ4v) is 0.932. The molecule has 0 aliphatic rings. The van der Waals surface area contributed by atoms with Crippen molar-refractivity contribution in [2.75, 3.05) is 12.3 Å². The average Bonchev–Trinajstić information content (AvgIpc) is 2.51. The third kappa shape index (κ3) is 3.97. The Hall–Kier alpha value is -1.59. The van der Waals surface area contributed by atoms with E-state index in [0.717, 1.165) is 6.42 Å². The first-order valence-corrected chi connectivity index (χ1v) is 4.82. The normalized spacial score (nSPS) is 10.6. The topological polar surface area (TPSA) is 91.2 Å². The summed E-state index contributed by atoms with van der Waals surface area (Å²) in [6, 6.07) is 0. The van der Waals surface area contributed by atoms with Crippen LogP contribution in [0, 0.1) is 5.92 Å². The van der Waals surface area contributed by atoms with Crippen molar-refractivity contribution in [3.63, 3.8) is 0 Å². The molecule has 0 atom stereocenters. The predicted molar refractivity (Wildman–Crippen MR) is 52.8 cm³/mol. The van der Waals surface area contributed by atoms with Crippen molar-refractivity contribution < 1.29 is 14.2 Å². The molecule has 6 nitrogen and oxygen atoms in total. The molecule has 0 amide bonds. The molecule has 0 bridgehead atoms. The molecule has 1 rings (SSSR count). The third-order valence-electron chi connectivity index (χ3n) is 1.86. The lowest BCUT2D eigenvalue weighted by Gasteiger charge is -2.05. The molecule has 0 aliphatic carbocycles. The zero-order valence-corrected chi connectivity index (χ0v) is 8.90. The van der Waals surface area contributed by atoms with Crippen LogP contribution >= 0.6 is 0 Å². The van der Waals surface area contributed by atoms with Crippen LogP contribution in [0.3, 0.4) is 0 Å². The number of hydrogen-bond donors (Lipinski definition) is 1. The van der Waals surface area contributed by atoms with Gasteiger partial charge in [-0.15, -0.1) is 0 Å². The van der Waals surface area contributed by atoms with Crippen LogP contribution in [-0.2, 0) is 16.0 Å². The summed E-state index contributed by atoms with van der Waals surface area (Å²) in [5.74, 6) is 0.283. The highest BCUT2D eigenvalue weighted by Crippen LogP contribution is 2.06. The van der Waals surface area contributed by atoms with Crippen molar-refractivity contribution in [1.29, 1.82) is 0 Å². The molecular weight excluding hydrogens is 198 g/mol. The first-order valence-electron chi connectivity index (χ1n) is 4.82. The van der Waals surface area contributed by atoms with Gasteiger partial charge in [-0.3, -0.25) is 4.79 Å². The Morgan fingerprint density at radius 3 is 2.80 bits per heavy atom. The van der Waals surface area contributed by atoms with Gasteiger partial charge in [0, 0.05) is 0 Å². The van der Waals surface area contributed by atoms with Gasteiger partial charge in [-0.1, -0.05) is 19.0 Å².